The van der Waals surface area contributed by atoms with Gasteiger partial charge in [-0.15, -0.1) is 0 Å². The Balaban J connectivity index is 0.975. The van der Waals surface area contributed by atoms with Gasteiger partial charge < -0.3 is 9.47 Å². The number of anilines is 3. The molecule has 1 heterocycles. The fourth-order valence-electron chi connectivity index (χ4n) is 9.57. The van der Waals surface area contributed by atoms with Crippen LogP contribution >= 0.6 is 0 Å². The van der Waals surface area contributed by atoms with E-state index in [-0.39, 0.29) is 35.4 Å². The Morgan fingerprint density at radius 3 is 1.25 bits per heavy atom. The second-order valence-corrected chi connectivity index (χ2v) is 17.0. The molecule has 2 heteroatoms. The highest BCUT2D eigenvalue weighted by Crippen LogP contribution is 2.41. The Hall–Kier alpha value is -8.98. The van der Waals surface area contributed by atoms with Gasteiger partial charge in [-0.05, 0) is 122 Å². The van der Waals surface area contributed by atoms with Crippen molar-refractivity contribution in [1.82, 2.24) is 4.57 Å². The fourth-order valence-corrected chi connectivity index (χ4v) is 9.57. The number of hydrogen-bond acceptors (Lipinski definition) is 1. The lowest BCUT2D eigenvalue weighted by Gasteiger charge is -2.26. The van der Waals surface area contributed by atoms with Gasteiger partial charge >= 0.3 is 0 Å². The predicted octanol–water partition coefficient (Wildman–Crippen LogP) is 18.3. The van der Waals surface area contributed by atoms with E-state index >= 15 is 0 Å². The van der Waals surface area contributed by atoms with Crippen molar-refractivity contribution in [3.05, 3.63) is 279 Å². The Labute approximate surface area is 403 Å². The first-order valence-corrected chi connectivity index (χ1v) is 23.0. The monoisotopic (exact) mass is 870 g/mol. The zero-order valence-electron chi connectivity index (χ0n) is 41.1. The first-order chi connectivity index (χ1) is 35.4. The number of para-hydroxylation sites is 2. The zero-order valence-corrected chi connectivity index (χ0v) is 37.1. The first kappa shape index (κ1) is 36.3. The van der Waals surface area contributed by atoms with Crippen molar-refractivity contribution in [2.75, 3.05) is 4.90 Å². The van der Waals surface area contributed by atoms with Crippen molar-refractivity contribution < 1.29 is 5.48 Å². The molecule has 0 aliphatic heterocycles. The molecule has 12 aromatic rings. The Morgan fingerprint density at radius 1 is 0.265 bits per heavy atom. The van der Waals surface area contributed by atoms with E-state index in [9.17, 15) is 5.48 Å². The van der Waals surface area contributed by atoms with Gasteiger partial charge in [0, 0.05) is 33.4 Å². The first-order valence-electron chi connectivity index (χ1n) is 25.0. The molecule has 0 saturated heterocycles. The minimum absolute atomic E-state index is 0.114. The molecule has 12 rings (SSSR count). The molecule has 2 nitrogen and oxygen atoms in total. The molecule has 68 heavy (non-hydrogen) atoms. The second kappa shape index (κ2) is 17.8. The van der Waals surface area contributed by atoms with E-state index in [0.29, 0.717) is 16.9 Å². The maximum atomic E-state index is 9.80. The molecule has 0 fully saturated rings. The van der Waals surface area contributed by atoms with Gasteiger partial charge in [0.15, 0.2) is 0 Å². The lowest BCUT2D eigenvalue weighted by Crippen LogP contribution is -2.09. The maximum Gasteiger partial charge on any atom is 0.0645 e. The second-order valence-electron chi connectivity index (χ2n) is 17.0. The SMILES string of the molecule is [2H]c1c([2H])c(N(c2ccc(-c3ccc(-c4ccccc4)cc3)cc2)c2ccc(-c3ccccc3-c3ccccc3)cc2)c([2H])c([2H])c1-c1ccc2c(c1)c1ccccc1n2-c1ccccc1-c1ccccc1. The highest BCUT2D eigenvalue weighted by molar-refractivity contribution is 6.11. The lowest BCUT2D eigenvalue weighted by atomic mass is 9.94. The quantitative estimate of drug-likeness (QED) is 0.133. The summed E-state index contributed by atoms with van der Waals surface area (Å²) >= 11 is 0. The van der Waals surface area contributed by atoms with Crippen molar-refractivity contribution in [3.8, 4) is 72.4 Å². The van der Waals surface area contributed by atoms with Crippen LogP contribution < -0.4 is 4.90 Å². The molecule has 0 bridgehead atoms. The van der Waals surface area contributed by atoms with Crippen molar-refractivity contribution >= 4 is 38.9 Å². The summed E-state index contributed by atoms with van der Waals surface area (Å²) < 4.78 is 41.3. The van der Waals surface area contributed by atoms with Gasteiger partial charge in [-0.3, -0.25) is 0 Å². The molecule has 320 valence electrons. The summed E-state index contributed by atoms with van der Waals surface area (Å²) in [5, 5.41) is 1.98. The largest absolute Gasteiger partial charge is 0.311 e. The Bertz CT molecular complexity index is 3900. The summed E-state index contributed by atoms with van der Waals surface area (Å²) in [5.41, 5.74) is 16.4. The molecule has 0 spiro atoms. The van der Waals surface area contributed by atoms with Gasteiger partial charge in [0.05, 0.1) is 22.2 Å². The molecule has 0 radical (unpaired) electrons. The summed E-state index contributed by atoms with van der Waals surface area (Å²) in [4.78, 5) is 1.86. The fraction of sp³-hybridized carbons (Fsp3) is 0. The minimum Gasteiger partial charge on any atom is -0.311 e. The van der Waals surface area contributed by atoms with E-state index in [2.05, 4.69) is 156 Å². The van der Waals surface area contributed by atoms with Gasteiger partial charge in [0.2, 0.25) is 0 Å². The van der Waals surface area contributed by atoms with E-state index in [0.717, 1.165) is 83.1 Å². The molecule has 0 aliphatic carbocycles. The average molecular weight is 871 g/mol. The number of benzene rings is 11. The van der Waals surface area contributed by atoms with Gasteiger partial charge in [0.1, 0.15) is 0 Å². The Kier molecular flexibility index (Phi) is 9.48. The van der Waals surface area contributed by atoms with E-state index in [1.165, 1.54) is 0 Å². The van der Waals surface area contributed by atoms with E-state index < -0.39 is 0 Å². The highest BCUT2D eigenvalue weighted by atomic mass is 15.1. The molecule has 0 unspecified atom stereocenters. The molecular formula is C66H46N2. The molecule has 0 aliphatic rings. The van der Waals surface area contributed by atoms with E-state index in [1.54, 1.807) is 0 Å². The van der Waals surface area contributed by atoms with Gasteiger partial charge in [-0.25, -0.2) is 0 Å². The van der Waals surface area contributed by atoms with Crippen molar-refractivity contribution in [3.63, 3.8) is 0 Å². The minimum atomic E-state index is -0.135. The van der Waals surface area contributed by atoms with Gasteiger partial charge in [0.25, 0.3) is 0 Å². The number of rotatable bonds is 10. The molecule has 0 saturated carbocycles. The molecule has 0 N–H and O–H groups in total. The van der Waals surface area contributed by atoms with Crippen LogP contribution in [0.1, 0.15) is 5.48 Å². The van der Waals surface area contributed by atoms with Crippen molar-refractivity contribution in [2.45, 2.75) is 0 Å². The molecule has 1 aromatic heterocycles. The summed E-state index contributed by atoms with van der Waals surface area (Å²) in [6.07, 6.45) is 0. The number of hydrogen-bond donors (Lipinski definition) is 0. The smallest absolute Gasteiger partial charge is 0.0645 e. The van der Waals surface area contributed by atoms with Gasteiger partial charge in [-0.2, -0.15) is 0 Å². The summed E-state index contributed by atoms with van der Waals surface area (Å²) in [5.74, 6) is 0. The summed E-state index contributed by atoms with van der Waals surface area (Å²) in [6.45, 7) is 0. The van der Waals surface area contributed by atoms with E-state index in [1.807, 2.05) is 108 Å². The van der Waals surface area contributed by atoms with Crippen LogP contribution in [0.4, 0.5) is 17.1 Å². The molecule has 0 amide bonds. The van der Waals surface area contributed by atoms with Crippen LogP contribution in [0.15, 0.2) is 279 Å². The molecule has 0 atom stereocenters. The summed E-state index contributed by atoms with van der Waals surface area (Å²) in [7, 11) is 0. The van der Waals surface area contributed by atoms with Crippen molar-refractivity contribution in [1.29, 1.82) is 0 Å². The van der Waals surface area contributed by atoms with Crippen LogP contribution in [-0.2, 0) is 0 Å². The van der Waals surface area contributed by atoms with Crippen LogP contribution in [0.3, 0.4) is 0 Å². The molecule has 11 aromatic carbocycles. The number of fused-ring (bicyclic) bond motifs is 3. The lowest BCUT2D eigenvalue weighted by molar-refractivity contribution is 1.18. The summed E-state index contributed by atoms with van der Waals surface area (Å²) in [6, 6.07) is 86.4. The normalized spacial score (nSPS) is 12.1. The van der Waals surface area contributed by atoms with Crippen molar-refractivity contribution in [2.24, 2.45) is 0 Å². The van der Waals surface area contributed by atoms with Crippen LogP contribution in [0.2, 0.25) is 0 Å². The van der Waals surface area contributed by atoms with Crippen LogP contribution in [0.5, 0.6) is 0 Å². The topological polar surface area (TPSA) is 8.17 Å². The predicted molar refractivity (Wildman–Crippen MR) is 288 cm³/mol. The van der Waals surface area contributed by atoms with Crippen LogP contribution in [0.25, 0.3) is 94.3 Å². The van der Waals surface area contributed by atoms with Crippen LogP contribution in [-0.4, -0.2) is 4.57 Å². The third-order valence-electron chi connectivity index (χ3n) is 12.9. The van der Waals surface area contributed by atoms with Crippen LogP contribution in [0, 0.1) is 0 Å². The van der Waals surface area contributed by atoms with E-state index in [4.69, 9.17) is 0 Å². The third-order valence-corrected chi connectivity index (χ3v) is 12.9. The highest BCUT2D eigenvalue weighted by Gasteiger charge is 2.18. The third kappa shape index (κ3) is 7.64. The molecular weight excluding hydrogens is 821 g/mol. The number of nitrogens with zero attached hydrogens (tertiary/aromatic N) is 2. The standard InChI is InChI=1S/C66H46N2/c1-4-16-47(17-5-1)48-28-30-49(31-29-48)50-32-39-56(40-33-50)67(58-43-36-54(37-44-58)60-23-11-10-22-59(60)52-18-6-2-7-19-52)57-41-34-51(35-42-57)55-38-45-66-63(46-55)62-25-13-15-27-65(62)68(66)64-26-14-12-24-61(64)53-20-8-3-9-21-53/h1-46H/i34D,35D,41D,42D. The van der Waals surface area contributed by atoms with Gasteiger partial charge in [-0.1, -0.05) is 218 Å². The zero-order chi connectivity index (χ0) is 48.7. The average Bonchev–Trinajstić information content (AvgIpc) is 3.78. The Morgan fingerprint density at radius 2 is 0.662 bits per heavy atom. The number of aromatic nitrogens is 1. The maximum absolute atomic E-state index is 9.80.